The number of amides is 2. The van der Waals surface area contributed by atoms with Crippen LogP contribution in [0.15, 0.2) is 57.4 Å². The number of hydrogen-bond donors (Lipinski definition) is 2. The number of aryl methyl sites for hydroxylation is 2. The normalized spacial score (nSPS) is 16.0. The topological polar surface area (TPSA) is 124 Å². The zero-order valence-electron chi connectivity index (χ0n) is 17.8. The third-order valence-corrected chi connectivity index (χ3v) is 5.94. The van der Waals surface area contributed by atoms with Crippen LogP contribution >= 0.6 is 11.8 Å². The molecule has 0 radical (unpaired) electrons. The van der Waals surface area contributed by atoms with E-state index in [1.807, 2.05) is 32.0 Å². The van der Waals surface area contributed by atoms with Crippen molar-refractivity contribution in [1.82, 2.24) is 30.8 Å². The summed E-state index contributed by atoms with van der Waals surface area (Å²) in [5.41, 5.74) is 3.80. The molecule has 32 heavy (non-hydrogen) atoms. The minimum absolute atomic E-state index is 0.201. The fourth-order valence-corrected chi connectivity index (χ4v) is 4.14. The van der Waals surface area contributed by atoms with E-state index in [0.29, 0.717) is 16.6 Å². The Bertz CT molecular complexity index is 1170. The lowest BCUT2D eigenvalue weighted by molar-refractivity contribution is -0.139. The van der Waals surface area contributed by atoms with Crippen molar-refractivity contribution >= 4 is 23.8 Å². The number of carbonyl (C=O) groups excluding carboxylic acids is 2. The molecule has 0 fully saturated rings. The second-order valence-electron chi connectivity index (χ2n) is 7.09. The summed E-state index contributed by atoms with van der Waals surface area (Å²) in [5.74, 6) is 0.139. The first kappa shape index (κ1) is 21.6. The van der Waals surface area contributed by atoms with E-state index in [9.17, 15) is 9.59 Å². The Morgan fingerprint density at radius 3 is 2.84 bits per heavy atom. The number of aromatic nitrogens is 4. The maximum atomic E-state index is 12.8. The van der Waals surface area contributed by atoms with Gasteiger partial charge in [-0.25, -0.2) is 9.59 Å². The maximum absolute atomic E-state index is 12.8. The van der Waals surface area contributed by atoms with E-state index in [0.717, 1.165) is 11.3 Å². The van der Waals surface area contributed by atoms with Gasteiger partial charge in [0.2, 0.25) is 5.16 Å². The molecule has 3 heterocycles. The molecule has 1 aromatic carbocycles. The number of carbonyl (C=O) groups is 2. The smallest absolute Gasteiger partial charge is 0.338 e. The van der Waals surface area contributed by atoms with Crippen molar-refractivity contribution in [2.45, 2.75) is 32.0 Å². The van der Waals surface area contributed by atoms with Gasteiger partial charge in [0.1, 0.15) is 11.8 Å². The van der Waals surface area contributed by atoms with Gasteiger partial charge in [0, 0.05) is 11.4 Å². The first-order chi connectivity index (χ1) is 15.5. The molecule has 3 aromatic rings. The number of thioether (sulfide) groups is 1. The first-order valence-corrected chi connectivity index (χ1v) is 11.0. The van der Waals surface area contributed by atoms with E-state index >= 15 is 0 Å². The van der Waals surface area contributed by atoms with Gasteiger partial charge in [-0.15, -0.1) is 5.10 Å². The van der Waals surface area contributed by atoms with E-state index in [2.05, 4.69) is 26.2 Å². The number of furan rings is 1. The van der Waals surface area contributed by atoms with Crippen molar-refractivity contribution in [3.63, 3.8) is 0 Å². The highest BCUT2D eigenvalue weighted by Crippen LogP contribution is 2.31. The van der Waals surface area contributed by atoms with Gasteiger partial charge in [-0.05, 0) is 66.6 Å². The van der Waals surface area contributed by atoms with E-state index in [1.54, 1.807) is 23.7 Å². The van der Waals surface area contributed by atoms with Gasteiger partial charge in [-0.1, -0.05) is 17.8 Å². The van der Waals surface area contributed by atoms with Crippen LogP contribution in [0.4, 0.5) is 4.79 Å². The number of esters is 1. The van der Waals surface area contributed by atoms with Crippen molar-refractivity contribution < 1.29 is 18.7 Å². The molecule has 1 unspecified atom stereocenters. The molecule has 1 aliphatic rings. The molecule has 1 atom stereocenters. The molecule has 0 spiro atoms. The number of hydrogen-bond acceptors (Lipinski definition) is 8. The van der Waals surface area contributed by atoms with Crippen molar-refractivity contribution in [2.24, 2.45) is 0 Å². The first-order valence-electron chi connectivity index (χ1n) is 9.97. The Labute approximate surface area is 188 Å². The molecule has 0 saturated heterocycles. The molecule has 166 valence electrons. The molecule has 2 aromatic heterocycles. The Hall–Kier alpha value is -3.60. The third kappa shape index (κ3) is 4.37. The Kier molecular flexibility index (Phi) is 6.26. The van der Waals surface area contributed by atoms with Gasteiger partial charge in [-0.3, -0.25) is 0 Å². The van der Waals surface area contributed by atoms with Crippen LogP contribution in [-0.4, -0.2) is 44.6 Å². The summed E-state index contributed by atoms with van der Waals surface area (Å²) in [7, 11) is 0. The zero-order valence-corrected chi connectivity index (χ0v) is 18.6. The Morgan fingerprint density at radius 2 is 2.12 bits per heavy atom. The quantitative estimate of drug-likeness (QED) is 0.413. The molecule has 0 saturated carbocycles. The highest BCUT2D eigenvalue weighted by Gasteiger charge is 2.35. The minimum Gasteiger partial charge on any atom is -0.467 e. The second-order valence-corrected chi connectivity index (χ2v) is 8.03. The van der Waals surface area contributed by atoms with Crippen LogP contribution < -0.4 is 10.6 Å². The fourth-order valence-electron chi connectivity index (χ4n) is 3.28. The Morgan fingerprint density at radius 1 is 1.28 bits per heavy atom. The van der Waals surface area contributed by atoms with Gasteiger partial charge in [0.15, 0.2) is 0 Å². The summed E-state index contributed by atoms with van der Waals surface area (Å²) >= 11 is 1.29. The van der Waals surface area contributed by atoms with Crippen LogP contribution in [0.3, 0.4) is 0 Å². The van der Waals surface area contributed by atoms with Gasteiger partial charge < -0.3 is 19.8 Å². The van der Waals surface area contributed by atoms with E-state index < -0.39 is 18.0 Å². The average Bonchev–Trinajstić information content (AvgIpc) is 3.46. The van der Waals surface area contributed by atoms with Gasteiger partial charge in [-0.2, -0.15) is 4.68 Å². The highest BCUT2D eigenvalue weighted by molar-refractivity contribution is 7.99. The molecular weight excluding hydrogens is 432 g/mol. The van der Waals surface area contributed by atoms with Gasteiger partial charge in [0.25, 0.3) is 0 Å². The van der Waals surface area contributed by atoms with Crippen molar-refractivity contribution in [2.75, 3.05) is 12.4 Å². The summed E-state index contributed by atoms with van der Waals surface area (Å²) in [4.78, 5) is 25.1. The molecular formula is C21H22N6O4S. The molecule has 2 amide bonds. The maximum Gasteiger partial charge on any atom is 0.338 e. The SMILES string of the molecule is CCOC(=O)C1=C(CSc2nnnn2-c2ccc(C)c(C)c2)NC(=O)NC1c1ccco1. The molecule has 11 heteroatoms. The number of nitrogens with zero attached hydrogens (tertiary/aromatic N) is 4. The number of ether oxygens (including phenoxy) is 1. The zero-order chi connectivity index (χ0) is 22.7. The monoisotopic (exact) mass is 454 g/mol. The second kappa shape index (κ2) is 9.27. The predicted octanol–water partition coefficient (Wildman–Crippen LogP) is 2.84. The Balaban J connectivity index is 1.65. The van der Waals surface area contributed by atoms with Gasteiger partial charge in [0.05, 0.1) is 24.1 Å². The number of nitrogens with one attached hydrogen (secondary N) is 2. The lowest BCUT2D eigenvalue weighted by Crippen LogP contribution is -2.46. The van der Waals surface area contributed by atoms with Crippen LogP contribution in [-0.2, 0) is 9.53 Å². The van der Waals surface area contributed by atoms with E-state index in [-0.39, 0.29) is 17.9 Å². The molecule has 0 bridgehead atoms. The number of urea groups is 1. The van der Waals surface area contributed by atoms with Crippen LogP contribution in [0, 0.1) is 13.8 Å². The summed E-state index contributed by atoms with van der Waals surface area (Å²) < 4.78 is 12.3. The van der Waals surface area contributed by atoms with Crippen molar-refractivity contribution in [3.8, 4) is 5.69 Å². The summed E-state index contributed by atoms with van der Waals surface area (Å²) in [5, 5.41) is 17.9. The van der Waals surface area contributed by atoms with Crippen LogP contribution in [0.25, 0.3) is 5.69 Å². The molecule has 2 N–H and O–H groups in total. The van der Waals surface area contributed by atoms with Crippen molar-refractivity contribution in [1.29, 1.82) is 0 Å². The van der Waals surface area contributed by atoms with Crippen LogP contribution in [0.2, 0.25) is 0 Å². The summed E-state index contributed by atoms with van der Waals surface area (Å²) in [6.07, 6.45) is 1.48. The minimum atomic E-state index is -0.760. The highest BCUT2D eigenvalue weighted by atomic mass is 32.2. The fraction of sp³-hybridized carbons (Fsp3) is 0.286. The number of benzene rings is 1. The predicted molar refractivity (Wildman–Crippen MR) is 116 cm³/mol. The van der Waals surface area contributed by atoms with Gasteiger partial charge >= 0.3 is 12.0 Å². The molecule has 1 aliphatic heterocycles. The lowest BCUT2D eigenvalue weighted by Gasteiger charge is -2.27. The number of tetrazole rings is 1. The van der Waals surface area contributed by atoms with Crippen LogP contribution in [0.1, 0.15) is 29.9 Å². The van der Waals surface area contributed by atoms with Crippen LogP contribution in [0.5, 0.6) is 0 Å². The molecule has 0 aliphatic carbocycles. The lowest BCUT2D eigenvalue weighted by atomic mass is 10.0. The largest absolute Gasteiger partial charge is 0.467 e. The standard InChI is InChI=1S/C21H22N6O4S/c1-4-30-19(28)17-15(22-20(29)23-18(17)16-6-5-9-31-16)11-32-21-24-25-26-27(21)14-8-7-12(2)13(3)10-14/h5-10,18H,4,11H2,1-3H3,(H2,22,23,29). The summed E-state index contributed by atoms with van der Waals surface area (Å²) in [6.45, 7) is 5.98. The van der Waals surface area contributed by atoms with E-state index in [4.69, 9.17) is 9.15 Å². The number of rotatable bonds is 7. The molecule has 10 nitrogen and oxygen atoms in total. The third-order valence-electron chi connectivity index (χ3n) is 5.00. The van der Waals surface area contributed by atoms with E-state index in [1.165, 1.54) is 23.6 Å². The van der Waals surface area contributed by atoms with Crippen molar-refractivity contribution in [3.05, 3.63) is 64.8 Å². The molecule has 4 rings (SSSR count). The summed E-state index contributed by atoms with van der Waals surface area (Å²) in [6, 6.07) is 8.12. The average molecular weight is 455 g/mol.